The molecule has 0 radical (unpaired) electrons. The number of nitrogens with one attached hydrogen (secondary N) is 1. The molecule has 180 valence electrons. The molecule has 2 aromatic carbocycles. The molecular weight excluding hydrogens is 455 g/mol. The number of furan rings is 1. The average Bonchev–Trinajstić information content (AvgIpc) is 3.32. The standard InChI is InChI=1S/C24H22F3NO6/c1-31-19-7-6-15(12-21(19)32-2)10-11-28-22(29)14-33-23(30)20-9-8-18(34-20)16-4-3-5-17(13-16)24(25,26)27/h3-9,12-13H,10-11,14H2,1-2H3,(H,28,29). The summed E-state index contributed by atoms with van der Waals surface area (Å²) < 4.78 is 59.3. The first-order valence-corrected chi connectivity index (χ1v) is 10.1. The number of carbonyl (C=O) groups excluding carboxylic acids is 2. The molecule has 3 rings (SSSR count). The smallest absolute Gasteiger partial charge is 0.416 e. The van der Waals surface area contributed by atoms with Crippen LogP contribution in [0.4, 0.5) is 13.2 Å². The van der Waals surface area contributed by atoms with Crippen LogP contribution in [0.5, 0.6) is 11.5 Å². The highest BCUT2D eigenvalue weighted by Gasteiger charge is 2.30. The van der Waals surface area contributed by atoms with Gasteiger partial charge in [-0.1, -0.05) is 18.2 Å². The van der Waals surface area contributed by atoms with Crippen molar-refractivity contribution in [2.24, 2.45) is 0 Å². The zero-order chi connectivity index (χ0) is 24.7. The predicted molar refractivity (Wildman–Crippen MR) is 116 cm³/mol. The van der Waals surface area contributed by atoms with Gasteiger partial charge in [0.1, 0.15) is 5.76 Å². The molecule has 7 nitrogen and oxygen atoms in total. The van der Waals surface area contributed by atoms with Gasteiger partial charge in [-0.3, -0.25) is 4.79 Å². The number of esters is 1. The summed E-state index contributed by atoms with van der Waals surface area (Å²) >= 11 is 0. The van der Waals surface area contributed by atoms with Crippen molar-refractivity contribution in [2.45, 2.75) is 12.6 Å². The molecule has 1 N–H and O–H groups in total. The summed E-state index contributed by atoms with van der Waals surface area (Å²) in [5, 5.41) is 2.63. The lowest BCUT2D eigenvalue weighted by molar-refractivity contribution is -0.137. The second kappa shape index (κ2) is 10.8. The van der Waals surface area contributed by atoms with E-state index in [2.05, 4.69) is 5.32 Å². The summed E-state index contributed by atoms with van der Waals surface area (Å²) in [6.07, 6.45) is -3.99. The van der Waals surface area contributed by atoms with Crippen LogP contribution in [0.1, 0.15) is 21.7 Å². The number of rotatable bonds is 9. The lowest BCUT2D eigenvalue weighted by Crippen LogP contribution is -2.30. The monoisotopic (exact) mass is 477 g/mol. The van der Waals surface area contributed by atoms with Crippen molar-refractivity contribution >= 4 is 11.9 Å². The van der Waals surface area contributed by atoms with Crippen molar-refractivity contribution in [1.29, 1.82) is 0 Å². The topological polar surface area (TPSA) is 87.0 Å². The van der Waals surface area contributed by atoms with E-state index in [0.29, 0.717) is 24.5 Å². The van der Waals surface area contributed by atoms with Gasteiger partial charge in [0.05, 0.1) is 19.8 Å². The number of halogens is 3. The lowest BCUT2D eigenvalue weighted by Gasteiger charge is -2.10. The summed E-state index contributed by atoms with van der Waals surface area (Å²) in [6.45, 7) is -0.239. The number of amides is 1. The number of benzene rings is 2. The van der Waals surface area contributed by atoms with Gasteiger partial charge >= 0.3 is 12.1 Å². The van der Waals surface area contributed by atoms with E-state index < -0.39 is 30.2 Å². The van der Waals surface area contributed by atoms with Crippen molar-refractivity contribution in [3.05, 3.63) is 71.5 Å². The van der Waals surface area contributed by atoms with Crippen LogP contribution in [-0.2, 0) is 22.1 Å². The molecule has 0 aliphatic carbocycles. The first kappa shape index (κ1) is 24.7. The third-order valence-electron chi connectivity index (χ3n) is 4.80. The van der Waals surface area contributed by atoms with Gasteiger partial charge in [-0.25, -0.2) is 4.79 Å². The van der Waals surface area contributed by atoms with E-state index in [4.69, 9.17) is 18.6 Å². The lowest BCUT2D eigenvalue weighted by atomic mass is 10.1. The molecule has 1 heterocycles. The van der Waals surface area contributed by atoms with Gasteiger partial charge in [0.15, 0.2) is 18.1 Å². The molecule has 3 aromatic rings. The number of ether oxygens (including phenoxy) is 3. The van der Waals surface area contributed by atoms with E-state index in [1.807, 2.05) is 6.07 Å². The fourth-order valence-electron chi connectivity index (χ4n) is 3.09. The van der Waals surface area contributed by atoms with E-state index in [9.17, 15) is 22.8 Å². The number of carbonyl (C=O) groups is 2. The van der Waals surface area contributed by atoms with E-state index in [0.717, 1.165) is 17.7 Å². The molecule has 0 aliphatic heterocycles. The Hall–Kier alpha value is -3.95. The molecule has 0 atom stereocenters. The summed E-state index contributed by atoms with van der Waals surface area (Å²) in [4.78, 5) is 24.1. The molecule has 0 bridgehead atoms. The predicted octanol–water partition coefficient (Wildman–Crippen LogP) is 4.50. The van der Waals surface area contributed by atoms with Crippen LogP contribution in [0, 0.1) is 0 Å². The highest BCUT2D eigenvalue weighted by molar-refractivity contribution is 5.89. The van der Waals surface area contributed by atoms with E-state index in [1.54, 1.807) is 12.1 Å². The molecule has 0 unspecified atom stereocenters. The van der Waals surface area contributed by atoms with Gasteiger partial charge in [0.2, 0.25) is 5.76 Å². The molecule has 0 aliphatic rings. The van der Waals surface area contributed by atoms with Crippen LogP contribution in [0.3, 0.4) is 0 Å². The van der Waals surface area contributed by atoms with Crippen LogP contribution >= 0.6 is 0 Å². The highest BCUT2D eigenvalue weighted by Crippen LogP contribution is 2.32. The molecule has 34 heavy (non-hydrogen) atoms. The Bertz CT molecular complexity index is 1160. The molecule has 10 heteroatoms. The van der Waals surface area contributed by atoms with Crippen molar-refractivity contribution in [2.75, 3.05) is 27.4 Å². The Morgan fingerprint density at radius 2 is 1.74 bits per heavy atom. The van der Waals surface area contributed by atoms with Gasteiger partial charge in [-0.2, -0.15) is 13.2 Å². The fourth-order valence-corrected chi connectivity index (χ4v) is 3.09. The molecule has 0 fully saturated rings. The molecule has 0 spiro atoms. The SMILES string of the molecule is COc1ccc(CCNC(=O)COC(=O)c2ccc(-c3cccc(C(F)(F)F)c3)o2)cc1OC. The second-order valence-electron chi connectivity index (χ2n) is 7.11. The quantitative estimate of drug-likeness (QED) is 0.457. The minimum Gasteiger partial charge on any atom is -0.493 e. The van der Waals surface area contributed by atoms with Gasteiger partial charge in [-0.15, -0.1) is 0 Å². The maximum atomic E-state index is 12.9. The number of alkyl halides is 3. The molecular formula is C24H22F3NO6. The second-order valence-corrected chi connectivity index (χ2v) is 7.11. The van der Waals surface area contributed by atoms with Gasteiger partial charge < -0.3 is 23.9 Å². The summed E-state index contributed by atoms with van der Waals surface area (Å²) in [6, 6.07) is 12.5. The Labute approximate surface area is 193 Å². The van der Waals surface area contributed by atoms with Gasteiger partial charge in [0.25, 0.3) is 5.91 Å². The maximum absolute atomic E-state index is 12.9. The van der Waals surface area contributed by atoms with E-state index in [-0.39, 0.29) is 17.1 Å². The third kappa shape index (κ3) is 6.31. The van der Waals surface area contributed by atoms with Crippen LogP contribution in [-0.4, -0.2) is 39.2 Å². The molecule has 0 saturated carbocycles. The summed E-state index contributed by atoms with van der Waals surface area (Å²) in [5.41, 5.74) is 0.227. The van der Waals surface area contributed by atoms with Gasteiger partial charge in [-0.05, 0) is 48.4 Å². The molecule has 1 aromatic heterocycles. The number of hydrogen-bond donors (Lipinski definition) is 1. The fraction of sp³-hybridized carbons (Fsp3) is 0.250. The Kier molecular flexibility index (Phi) is 7.83. The number of methoxy groups -OCH3 is 2. The summed E-state index contributed by atoms with van der Waals surface area (Å²) in [7, 11) is 3.06. The van der Waals surface area contributed by atoms with Crippen LogP contribution < -0.4 is 14.8 Å². The van der Waals surface area contributed by atoms with Crippen molar-refractivity contribution in [1.82, 2.24) is 5.32 Å². The first-order chi connectivity index (χ1) is 16.2. The van der Waals surface area contributed by atoms with E-state index >= 15 is 0 Å². The van der Waals surface area contributed by atoms with Crippen molar-refractivity contribution in [3.63, 3.8) is 0 Å². The van der Waals surface area contributed by atoms with E-state index in [1.165, 1.54) is 38.5 Å². The van der Waals surface area contributed by atoms with Crippen molar-refractivity contribution in [3.8, 4) is 22.8 Å². The maximum Gasteiger partial charge on any atom is 0.416 e. The Balaban J connectivity index is 1.49. The largest absolute Gasteiger partial charge is 0.493 e. The Morgan fingerprint density at radius 1 is 0.971 bits per heavy atom. The zero-order valence-corrected chi connectivity index (χ0v) is 18.4. The van der Waals surface area contributed by atoms with Crippen LogP contribution in [0.25, 0.3) is 11.3 Å². The molecule has 0 saturated heterocycles. The Morgan fingerprint density at radius 3 is 2.44 bits per heavy atom. The normalized spacial score (nSPS) is 11.1. The third-order valence-corrected chi connectivity index (χ3v) is 4.80. The van der Waals surface area contributed by atoms with Crippen LogP contribution in [0.2, 0.25) is 0 Å². The highest BCUT2D eigenvalue weighted by atomic mass is 19.4. The van der Waals surface area contributed by atoms with Crippen LogP contribution in [0.15, 0.2) is 59.0 Å². The molecule has 1 amide bonds. The number of hydrogen-bond acceptors (Lipinski definition) is 6. The average molecular weight is 477 g/mol. The van der Waals surface area contributed by atoms with Gasteiger partial charge in [0, 0.05) is 12.1 Å². The zero-order valence-electron chi connectivity index (χ0n) is 18.4. The minimum absolute atomic E-state index is 0.0671. The first-order valence-electron chi connectivity index (χ1n) is 10.1. The summed E-state index contributed by atoms with van der Waals surface area (Å²) in [5.74, 6) is -0.422. The van der Waals surface area contributed by atoms with Crippen molar-refractivity contribution < 1.29 is 41.4 Å². The minimum atomic E-state index is -4.50.